The fourth-order valence-electron chi connectivity index (χ4n) is 2.14. The second-order valence-electron chi connectivity index (χ2n) is 3.82. The number of benzene rings is 1. The number of aromatic nitrogens is 1. The molecule has 0 aliphatic carbocycles. The maximum atomic E-state index is 11.7. The number of nitrogens with zero attached hydrogens (tertiary/aromatic N) is 1. The van der Waals surface area contributed by atoms with E-state index in [1.807, 2.05) is 29.7 Å². The molecule has 0 fully saturated rings. The fraction of sp³-hybridized carbons (Fsp3) is 0.308. The quantitative estimate of drug-likeness (QED) is 0.782. The molecule has 0 radical (unpaired) electrons. The van der Waals surface area contributed by atoms with Crippen LogP contribution in [0.1, 0.15) is 24.2 Å². The van der Waals surface area contributed by atoms with Crippen molar-refractivity contribution >= 4 is 28.3 Å². The van der Waals surface area contributed by atoms with E-state index >= 15 is 0 Å². The number of ketones is 1. The summed E-state index contributed by atoms with van der Waals surface area (Å²) in [5.41, 5.74) is 1.45. The Balaban J connectivity index is 2.95. The standard InChI is InChI=1S/C13H14ClNO2/c1-4-15-12-9(6-5-7-10(12)17-3)11(8(2)16)13(15)14/h5-7H,4H2,1-3H3. The summed E-state index contributed by atoms with van der Waals surface area (Å²) in [5, 5.41) is 1.34. The van der Waals surface area contributed by atoms with Gasteiger partial charge in [-0.3, -0.25) is 4.79 Å². The molecule has 3 nitrogen and oxygen atoms in total. The van der Waals surface area contributed by atoms with Crippen LogP contribution in [0.3, 0.4) is 0 Å². The Morgan fingerprint density at radius 1 is 1.47 bits per heavy atom. The number of carbonyl (C=O) groups is 1. The SMILES string of the molecule is CCn1c(Cl)c(C(C)=O)c2cccc(OC)c21. The molecule has 2 rings (SSSR count). The Labute approximate surface area is 105 Å². The number of Topliss-reactive ketones (excluding diaryl/α,β-unsaturated/α-hetero) is 1. The third-order valence-electron chi connectivity index (χ3n) is 2.87. The first-order chi connectivity index (χ1) is 8.11. The van der Waals surface area contributed by atoms with Crippen LogP contribution < -0.4 is 4.74 Å². The summed E-state index contributed by atoms with van der Waals surface area (Å²) in [7, 11) is 1.61. The van der Waals surface area contributed by atoms with E-state index in [2.05, 4.69) is 0 Å². The Bertz CT molecular complexity index is 587. The highest BCUT2D eigenvalue weighted by atomic mass is 35.5. The van der Waals surface area contributed by atoms with Gasteiger partial charge in [-0.1, -0.05) is 23.7 Å². The third kappa shape index (κ3) is 1.71. The van der Waals surface area contributed by atoms with E-state index in [0.717, 1.165) is 16.7 Å². The number of halogens is 1. The average molecular weight is 252 g/mol. The van der Waals surface area contributed by atoms with E-state index in [-0.39, 0.29) is 5.78 Å². The first-order valence-corrected chi connectivity index (χ1v) is 5.85. The lowest BCUT2D eigenvalue weighted by Crippen LogP contribution is -1.97. The lowest BCUT2D eigenvalue weighted by molar-refractivity contribution is 0.101. The lowest BCUT2D eigenvalue weighted by atomic mass is 10.1. The smallest absolute Gasteiger partial charge is 0.163 e. The van der Waals surface area contributed by atoms with Crippen LogP contribution in [0, 0.1) is 0 Å². The minimum atomic E-state index is -0.0274. The summed E-state index contributed by atoms with van der Waals surface area (Å²) in [6.07, 6.45) is 0. The molecule has 17 heavy (non-hydrogen) atoms. The van der Waals surface area contributed by atoms with Gasteiger partial charge in [0.05, 0.1) is 18.2 Å². The number of fused-ring (bicyclic) bond motifs is 1. The van der Waals surface area contributed by atoms with E-state index < -0.39 is 0 Å². The molecule has 1 heterocycles. The first kappa shape index (κ1) is 12.0. The van der Waals surface area contributed by atoms with Crippen molar-refractivity contribution < 1.29 is 9.53 Å². The van der Waals surface area contributed by atoms with Crippen LogP contribution in [0.4, 0.5) is 0 Å². The Hall–Kier alpha value is -1.48. The molecule has 2 aromatic rings. The minimum Gasteiger partial charge on any atom is -0.495 e. The van der Waals surface area contributed by atoms with Crippen LogP contribution in [0.5, 0.6) is 5.75 Å². The van der Waals surface area contributed by atoms with Gasteiger partial charge in [-0.15, -0.1) is 0 Å². The van der Waals surface area contributed by atoms with Gasteiger partial charge < -0.3 is 9.30 Å². The monoisotopic (exact) mass is 251 g/mol. The number of para-hydroxylation sites is 1. The zero-order valence-electron chi connectivity index (χ0n) is 10.1. The molecule has 0 spiro atoms. The molecule has 0 unspecified atom stereocenters. The van der Waals surface area contributed by atoms with E-state index in [0.29, 0.717) is 17.3 Å². The highest BCUT2D eigenvalue weighted by molar-refractivity contribution is 6.35. The molecular weight excluding hydrogens is 238 g/mol. The Morgan fingerprint density at radius 2 is 2.18 bits per heavy atom. The predicted molar refractivity (Wildman–Crippen MR) is 69.2 cm³/mol. The van der Waals surface area contributed by atoms with Gasteiger partial charge in [0.15, 0.2) is 5.78 Å². The zero-order chi connectivity index (χ0) is 12.6. The van der Waals surface area contributed by atoms with Crippen LogP contribution in [0.25, 0.3) is 10.9 Å². The van der Waals surface area contributed by atoms with Gasteiger partial charge in [-0.2, -0.15) is 0 Å². The summed E-state index contributed by atoms with van der Waals surface area (Å²) < 4.78 is 7.22. The van der Waals surface area contributed by atoms with Crippen molar-refractivity contribution in [3.8, 4) is 5.75 Å². The molecule has 0 N–H and O–H groups in total. The lowest BCUT2D eigenvalue weighted by Gasteiger charge is -2.06. The topological polar surface area (TPSA) is 31.2 Å². The van der Waals surface area contributed by atoms with Gasteiger partial charge in [0, 0.05) is 11.9 Å². The second-order valence-corrected chi connectivity index (χ2v) is 4.18. The average Bonchev–Trinajstić information content (AvgIpc) is 2.60. The highest BCUT2D eigenvalue weighted by Crippen LogP contribution is 2.35. The number of methoxy groups -OCH3 is 1. The molecule has 1 aromatic carbocycles. The third-order valence-corrected chi connectivity index (χ3v) is 3.26. The maximum absolute atomic E-state index is 11.7. The van der Waals surface area contributed by atoms with Gasteiger partial charge >= 0.3 is 0 Å². The molecule has 1 aromatic heterocycles. The molecule has 90 valence electrons. The van der Waals surface area contributed by atoms with Crippen LogP contribution in [-0.4, -0.2) is 17.5 Å². The van der Waals surface area contributed by atoms with Crippen LogP contribution in [0.15, 0.2) is 18.2 Å². The number of aryl methyl sites for hydroxylation is 1. The minimum absolute atomic E-state index is 0.0274. The summed E-state index contributed by atoms with van der Waals surface area (Å²) in [4.78, 5) is 11.7. The Kier molecular flexibility index (Phi) is 3.11. The van der Waals surface area contributed by atoms with Gasteiger partial charge in [0.25, 0.3) is 0 Å². The second kappa shape index (κ2) is 4.41. The highest BCUT2D eigenvalue weighted by Gasteiger charge is 2.20. The first-order valence-electron chi connectivity index (χ1n) is 5.47. The van der Waals surface area contributed by atoms with Crippen LogP contribution >= 0.6 is 11.6 Å². The van der Waals surface area contributed by atoms with E-state index in [4.69, 9.17) is 16.3 Å². The van der Waals surface area contributed by atoms with E-state index in [1.54, 1.807) is 7.11 Å². The molecule has 0 bridgehead atoms. The summed E-state index contributed by atoms with van der Waals surface area (Å²) in [6.45, 7) is 4.21. The summed E-state index contributed by atoms with van der Waals surface area (Å²) >= 11 is 6.26. The molecular formula is C13H14ClNO2. The van der Waals surface area contributed by atoms with Crippen LogP contribution in [-0.2, 0) is 6.54 Å². The Morgan fingerprint density at radius 3 is 2.71 bits per heavy atom. The van der Waals surface area contributed by atoms with Crippen molar-refractivity contribution in [2.24, 2.45) is 0 Å². The van der Waals surface area contributed by atoms with Crippen molar-refractivity contribution in [3.05, 3.63) is 28.9 Å². The number of ether oxygens (including phenoxy) is 1. The number of carbonyl (C=O) groups excluding carboxylic acids is 1. The largest absolute Gasteiger partial charge is 0.495 e. The molecule has 0 aliphatic rings. The normalized spacial score (nSPS) is 10.8. The van der Waals surface area contributed by atoms with E-state index in [1.165, 1.54) is 6.92 Å². The van der Waals surface area contributed by atoms with Crippen molar-refractivity contribution in [1.29, 1.82) is 0 Å². The molecule has 0 atom stereocenters. The summed E-state index contributed by atoms with van der Waals surface area (Å²) in [5.74, 6) is 0.708. The van der Waals surface area contributed by atoms with Crippen molar-refractivity contribution in [2.45, 2.75) is 20.4 Å². The number of hydrogen-bond acceptors (Lipinski definition) is 2. The molecule has 0 saturated carbocycles. The molecule has 0 saturated heterocycles. The molecule has 4 heteroatoms. The fourth-order valence-corrected chi connectivity index (χ4v) is 2.58. The predicted octanol–water partition coefficient (Wildman–Crippen LogP) is 3.53. The van der Waals surface area contributed by atoms with Gasteiger partial charge in [0.2, 0.25) is 0 Å². The van der Waals surface area contributed by atoms with E-state index in [9.17, 15) is 4.79 Å². The zero-order valence-corrected chi connectivity index (χ0v) is 10.8. The van der Waals surface area contributed by atoms with Gasteiger partial charge in [-0.05, 0) is 19.9 Å². The van der Waals surface area contributed by atoms with Crippen molar-refractivity contribution in [3.63, 3.8) is 0 Å². The number of rotatable bonds is 3. The maximum Gasteiger partial charge on any atom is 0.163 e. The van der Waals surface area contributed by atoms with Crippen molar-refractivity contribution in [1.82, 2.24) is 4.57 Å². The van der Waals surface area contributed by atoms with Gasteiger partial charge in [-0.25, -0.2) is 0 Å². The molecule has 0 aliphatic heterocycles. The van der Waals surface area contributed by atoms with Gasteiger partial charge in [0.1, 0.15) is 10.9 Å². The summed E-state index contributed by atoms with van der Waals surface area (Å²) in [6, 6.07) is 5.63. The van der Waals surface area contributed by atoms with Crippen LogP contribution in [0.2, 0.25) is 5.15 Å². The number of hydrogen-bond donors (Lipinski definition) is 0. The molecule has 0 amide bonds. The van der Waals surface area contributed by atoms with Crippen molar-refractivity contribution in [2.75, 3.05) is 7.11 Å².